The van der Waals surface area contributed by atoms with E-state index in [4.69, 9.17) is 21.4 Å². The van der Waals surface area contributed by atoms with Crippen molar-refractivity contribution in [3.05, 3.63) is 34.9 Å². The van der Waals surface area contributed by atoms with Gasteiger partial charge in [0.25, 0.3) is 0 Å². The summed E-state index contributed by atoms with van der Waals surface area (Å²) in [5.74, 6) is -1.34. The fourth-order valence-corrected chi connectivity index (χ4v) is 2.35. The Morgan fingerprint density at radius 1 is 1.52 bits per heavy atom. The number of halogens is 1. The number of amides is 2. The van der Waals surface area contributed by atoms with Crippen LogP contribution in [0.5, 0.6) is 0 Å². The van der Waals surface area contributed by atoms with Crippen LogP contribution in [0, 0.1) is 5.92 Å². The van der Waals surface area contributed by atoms with Crippen LogP contribution in [0.4, 0.5) is 4.79 Å². The number of nitrogens with zero attached hydrogens (tertiary/aromatic N) is 1. The van der Waals surface area contributed by atoms with Gasteiger partial charge in [0.05, 0.1) is 18.6 Å². The van der Waals surface area contributed by atoms with Gasteiger partial charge in [-0.15, -0.1) is 0 Å². The van der Waals surface area contributed by atoms with Crippen LogP contribution in [-0.4, -0.2) is 48.8 Å². The van der Waals surface area contributed by atoms with E-state index in [0.717, 1.165) is 5.56 Å². The highest BCUT2D eigenvalue weighted by atomic mass is 35.5. The van der Waals surface area contributed by atoms with Crippen LogP contribution in [0.15, 0.2) is 24.3 Å². The second-order valence-corrected chi connectivity index (χ2v) is 5.39. The van der Waals surface area contributed by atoms with Gasteiger partial charge in [-0.1, -0.05) is 23.7 Å². The molecule has 1 heterocycles. The molecule has 1 aromatic rings. The molecule has 0 saturated carbocycles. The lowest BCUT2D eigenvalue weighted by atomic mass is 10.0. The number of benzene rings is 1. The van der Waals surface area contributed by atoms with E-state index in [1.807, 2.05) is 6.07 Å². The summed E-state index contributed by atoms with van der Waals surface area (Å²) in [5.41, 5.74) is 0.841. The van der Waals surface area contributed by atoms with E-state index in [2.05, 4.69) is 5.32 Å². The number of hydrogen-bond donors (Lipinski definition) is 2. The molecule has 21 heavy (non-hydrogen) atoms. The van der Waals surface area contributed by atoms with E-state index in [0.29, 0.717) is 11.6 Å². The zero-order valence-corrected chi connectivity index (χ0v) is 12.3. The molecule has 0 aromatic heterocycles. The van der Waals surface area contributed by atoms with Crippen LogP contribution >= 0.6 is 11.6 Å². The third-order valence-electron chi connectivity index (χ3n) is 3.40. The third kappa shape index (κ3) is 3.86. The molecule has 2 amide bonds. The number of rotatable bonds is 5. The largest absolute Gasteiger partial charge is 0.481 e. The molecule has 114 valence electrons. The van der Waals surface area contributed by atoms with Crippen LogP contribution in [0.3, 0.4) is 0 Å². The summed E-state index contributed by atoms with van der Waals surface area (Å²) < 4.78 is 5.12. The molecule has 2 N–H and O–H groups in total. The minimum absolute atomic E-state index is 0.233. The molecule has 1 aliphatic rings. The second kappa shape index (κ2) is 6.78. The molecule has 7 heteroatoms. The van der Waals surface area contributed by atoms with Crippen molar-refractivity contribution >= 4 is 23.6 Å². The van der Waals surface area contributed by atoms with Crippen LogP contribution in [0.1, 0.15) is 11.6 Å². The Morgan fingerprint density at radius 3 is 2.81 bits per heavy atom. The molecule has 0 aliphatic carbocycles. The molecule has 1 aromatic carbocycles. The van der Waals surface area contributed by atoms with Gasteiger partial charge in [0, 0.05) is 25.2 Å². The van der Waals surface area contributed by atoms with Gasteiger partial charge in [-0.2, -0.15) is 0 Å². The Balaban J connectivity index is 1.97. The van der Waals surface area contributed by atoms with Crippen molar-refractivity contribution in [1.29, 1.82) is 0 Å². The highest BCUT2D eigenvalue weighted by Crippen LogP contribution is 2.20. The lowest BCUT2D eigenvalue weighted by molar-refractivity contribution is -0.146. The smallest absolute Gasteiger partial charge is 0.318 e. The van der Waals surface area contributed by atoms with E-state index >= 15 is 0 Å². The fraction of sp³-hybridized carbons (Fsp3) is 0.429. The van der Waals surface area contributed by atoms with Crippen molar-refractivity contribution < 1.29 is 19.4 Å². The summed E-state index contributed by atoms with van der Waals surface area (Å²) in [6, 6.07) is 6.55. The number of urea groups is 1. The molecule has 1 unspecified atom stereocenters. The lowest BCUT2D eigenvalue weighted by Crippen LogP contribution is -2.56. The van der Waals surface area contributed by atoms with Crippen LogP contribution in [0.25, 0.3) is 0 Å². The number of carbonyl (C=O) groups excluding carboxylic acids is 1. The minimum Gasteiger partial charge on any atom is -0.481 e. The van der Waals surface area contributed by atoms with Gasteiger partial charge in [-0.3, -0.25) is 4.79 Å². The third-order valence-corrected chi connectivity index (χ3v) is 3.64. The van der Waals surface area contributed by atoms with Gasteiger partial charge in [-0.25, -0.2) is 4.79 Å². The standard InChI is InChI=1S/C14H17ClN2O4/c1-21-8-12(9-3-2-4-11(15)5-9)16-14(20)17-6-10(7-17)13(18)19/h2-5,10,12H,6-8H2,1H3,(H,16,20)(H,18,19). The zero-order chi connectivity index (χ0) is 15.4. The number of carbonyl (C=O) groups is 2. The average molecular weight is 313 g/mol. The first-order valence-electron chi connectivity index (χ1n) is 6.54. The van der Waals surface area contributed by atoms with Gasteiger partial charge in [0.1, 0.15) is 0 Å². The number of aliphatic carboxylic acids is 1. The molecule has 1 saturated heterocycles. The summed E-state index contributed by atoms with van der Waals surface area (Å²) in [4.78, 5) is 24.3. The second-order valence-electron chi connectivity index (χ2n) is 4.95. The van der Waals surface area contributed by atoms with Gasteiger partial charge in [0.15, 0.2) is 0 Å². The van der Waals surface area contributed by atoms with Crippen molar-refractivity contribution in [2.75, 3.05) is 26.8 Å². The Morgan fingerprint density at radius 2 is 2.24 bits per heavy atom. The lowest BCUT2D eigenvalue weighted by Gasteiger charge is -2.37. The normalized spacial score (nSPS) is 16.2. The topological polar surface area (TPSA) is 78.9 Å². The molecule has 2 rings (SSSR count). The van der Waals surface area contributed by atoms with Gasteiger partial charge < -0.3 is 20.1 Å². The molecule has 0 spiro atoms. The number of nitrogens with one attached hydrogen (secondary N) is 1. The SMILES string of the molecule is COCC(NC(=O)N1CC(C(=O)O)C1)c1cccc(Cl)c1. The van der Waals surface area contributed by atoms with E-state index in [9.17, 15) is 9.59 Å². The van der Waals surface area contributed by atoms with E-state index in [-0.39, 0.29) is 25.2 Å². The van der Waals surface area contributed by atoms with Gasteiger partial charge >= 0.3 is 12.0 Å². The first-order chi connectivity index (χ1) is 10.0. The summed E-state index contributed by atoms with van der Waals surface area (Å²) in [6.45, 7) is 0.773. The monoisotopic (exact) mass is 312 g/mol. The van der Waals surface area contributed by atoms with Crippen LogP contribution < -0.4 is 5.32 Å². The van der Waals surface area contributed by atoms with Crippen molar-refractivity contribution in [3.63, 3.8) is 0 Å². The predicted octanol–water partition coefficient (Wildman–Crippen LogP) is 1.75. The Labute approximate surface area is 127 Å². The average Bonchev–Trinajstić information content (AvgIpc) is 2.36. The highest BCUT2D eigenvalue weighted by Gasteiger charge is 2.36. The number of carboxylic acids is 1. The first-order valence-corrected chi connectivity index (χ1v) is 6.91. The van der Waals surface area contributed by atoms with Gasteiger partial charge in [-0.05, 0) is 17.7 Å². The number of hydrogen-bond acceptors (Lipinski definition) is 3. The van der Waals surface area contributed by atoms with Crippen LogP contribution in [-0.2, 0) is 9.53 Å². The summed E-state index contributed by atoms with van der Waals surface area (Å²) in [5, 5.41) is 12.2. The molecular weight excluding hydrogens is 296 g/mol. The summed E-state index contributed by atoms with van der Waals surface area (Å²) in [6.07, 6.45) is 0. The molecule has 0 bridgehead atoms. The summed E-state index contributed by atoms with van der Waals surface area (Å²) >= 11 is 5.95. The number of carboxylic acid groups (broad SMARTS) is 1. The number of ether oxygens (including phenoxy) is 1. The maximum absolute atomic E-state index is 12.1. The molecule has 1 atom stereocenters. The van der Waals surface area contributed by atoms with Crippen molar-refractivity contribution in [2.24, 2.45) is 5.92 Å². The molecule has 6 nitrogen and oxygen atoms in total. The predicted molar refractivity (Wildman–Crippen MR) is 77.3 cm³/mol. The Kier molecular flexibility index (Phi) is 5.03. The Hall–Kier alpha value is -1.79. The van der Waals surface area contributed by atoms with E-state index < -0.39 is 11.9 Å². The minimum atomic E-state index is -0.873. The molecular formula is C14H17ClN2O4. The molecule has 0 radical (unpaired) electrons. The van der Waals surface area contributed by atoms with Crippen molar-refractivity contribution in [3.8, 4) is 0 Å². The van der Waals surface area contributed by atoms with Crippen LogP contribution in [0.2, 0.25) is 5.02 Å². The van der Waals surface area contributed by atoms with E-state index in [1.54, 1.807) is 25.3 Å². The first kappa shape index (κ1) is 15.6. The maximum atomic E-state index is 12.1. The fourth-order valence-electron chi connectivity index (χ4n) is 2.15. The van der Waals surface area contributed by atoms with Crippen molar-refractivity contribution in [1.82, 2.24) is 10.2 Å². The maximum Gasteiger partial charge on any atom is 0.318 e. The highest BCUT2D eigenvalue weighted by molar-refractivity contribution is 6.30. The number of likely N-dealkylation sites (tertiary alicyclic amines) is 1. The zero-order valence-electron chi connectivity index (χ0n) is 11.6. The van der Waals surface area contributed by atoms with E-state index in [1.165, 1.54) is 4.90 Å². The van der Waals surface area contributed by atoms with Crippen molar-refractivity contribution in [2.45, 2.75) is 6.04 Å². The Bertz CT molecular complexity index is 531. The van der Waals surface area contributed by atoms with Gasteiger partial charge in [0.2, 0.25) is 0 Å². The molecule has 1 fully saturated rings. The summed E-state index contributed by atoms with van der Waals surface area (Å²) in [7, 11) is 1.55. The number of methoxy groups -OCH3 is 1. The molecule has 1 aliphatic heterocycles. The quantitative estimate of drug-likeness (QED) is 0.868.